The van der Waals surface area contributed by atoms with Crippen molar-refractivity contribution in [2.24, 2.45) is 5.73 Å². The van der Waals surface area contributed by atoms with Crippen molar-refractivity contribution >= 4 is 5.78 Å². The SMILES string of the molecule is C[CH]N(C)C(N)C(C)=O. The van der Waals surface area contributed by atoms with E-state index in [4.69, 9.17) is 5.73 Å². The van der Waals surface area contributed by atoms with Gasteiger partial charge in [-0.25, -0.2) is 0 Å². The Balaban J connectivity index is 3.72. The zero-order valence-corrected chi connectivity index (χ0v) is 6.09. The first-order valence-electron chi connectivity index (χ1n) is 2.87. The van der Waals surface area contributed by atoms with Crippen molar-refractivity contribution in [2.75, 3.05) is 7.05 Å². The first-order valence-corrected chi connectivity index (χ1v) is 2.87. The minimum atomic E-state index is -0.477. The molecule has 3 nitrogen and oxygen atoms in total. The van der Waals surface area contributed by atoms with Crippen LogP contribution in [-0.2, 0) is 4.79 Å². The lowest BCUT2D eigenvalue weighted by Crippen LogP contribution is -2.42. The zero-order chi connectivity index (χ0) is 7.44. The van der Waals surface area contributed by atoms with Gasteiger partial charge in [0.2, 0.25) is 0 Å². The largest absolute Gasteiger partial charge is 0.309 e. The second-order valence-corrected chi connectivity index (χ2v) is 1.98. The van der Waals surface area contributed by atoms with E-state index in [9.17, 15) is 4.79 Å². The number of likely N-dealkylation sites (N-methyl/N-ethyl adjacent to an activating group) is 1. The Kier molecular flexibility index (Phi) is 3.42. The first kappa shape index (κ1) is 8.59. The highest BCUT2D eigenvalue weighted by atomic mass is 16.1. The highest BCUT2D eigenvalue weighted by Gasteiger charge is 2.11. The second kappa shape index (κ2) is 3.58. The van der Waals surface area contributed by atoms with E-state index in [1.165, 1.54) is 6.92 Å². The molecule has 0 aromatic heterocycles. The lowest BCUT2D eigenvalue weighted by atomic mass is 10.3. The highest BCUT2D eigenvalue weighted by molar-refractivity contribution is 5.80. The quantitative estimate of drug-likeness (QED) is 0.544. The minimum Gasteiger partial charge on any atom is -0.309 e. The van der Waals surface area contributed by atoms with Gasteiger partial charge in [0, 0.05) is 6.54 Å². The van der Waals surface area contributed by atoms with Crippen LogP contribution in [0.3, 0.4) is 0 Å². The molecule has 0 fully saturated rings. The van der Waals surface area contributed by atoms with Gasteiger partial charge < -0.3 is 5.73 Å². The van der Waals surface area contributed by atoms with Crippen LogP contribution in [0, 0.1) is 6.54 Å². The van der Waals surface area contributed by atoms with Crippen molar-refractivity contribution in [3.8, 4) is 0 Å². The van der Waals surface area contributed by atoms with E-state index in [-0.39, 0.29) is 5.78 Å². The van der Waals surface area contributed by atoms with Crippen molar-refractivity contribution in [1.82, 2.24) is 4.90 Å². The summed E-state index contributed by atoms with van der Waals surface area (Å²) in [6.07, 6.45) is -0.477. The smallest absolute Gasteiger partial charge is 0.161 e. The number of hydrogen-bond donors (Lipinski definition) is 1. The lowest BCUT2D eigenvalue weighted by molar-refractivity contribution is -0.121. The molecule has 0 saturated heterocycles. The maximum atomic E-state index is 10.6. The molecular formula is C6H13N2O. The van der Waals surface area contributed by atoms with Gasteiger partial charge in [0.15, 0.2) is 5.78 Å². The Labute approximate surface area is 55.8 Å². The van der Waals surface area contributed by atoms with Gasteiger partial charge in [-0.1, -0.05) is 0 Å². The predicted molar refractivity (Wildman–Crippen MR) is 36.4 cm³/mol. The van der Waals surface area contributed by atoms with Crippen molar-refractivity contribution in [2.45, 2.75) is 20.0 Å². The van der Waals surface area contributed by atoms with Crippen LogP contribution in [0.15, 0.2) is 0 Å². The summed E-state index contributed by atoms with van der Waals surface area (Å²) in [7, 11) is 1.77. The number of carbonyl (C=O) groups excluding carboxylic acids is 1. The number of nitrogens with two attached hydrogens (primary N) is 1. The lowest BCUT2D eigenvalue weighted by Gasteiger charge is -2.18. The van der Waals surface area contributed by atoms with Crippen LogP contribution in [0.5, 0.6) is 0 Å². The van der Waals surface area contributed by atoms with Crippen LogP contribution in [0.25, 0.3) is 0 Å². The molecule has 1 unspecified atom stereocenters. The van der Waals surface area contributed by atoms with E-state index in [0.717, 1.165) is 0 Å². The number of carbonyl (C=O) groups is 1. The van der Waals surface area contributed by atoms with E-state index >= 15 is 0 Å². The second-order valence-electron chi connectivity index (χ2n) is 1.98. The molecule has 0 aromatic carbocycles. The average molecular weight is 129 g/mol. The molecular weight excluding hydrogens is 116 g/mol. The van der Waals surface area contributed by atoms with Crippen molar-refractivity contribution < 1.29 is 4.79 Å². The van der Waals surface area contributed by atoms with Crippen LogP contribution in [0.1, 0.15) is 13.8 Å². The van der Waals surface area contributed by atoms with Gasteiger partial charge in [-0.3, -0.25) is 9.69 Å². The fraction of sp³-hybridized carbons (Fsp3) is 0.667. The van der Waals surface area contributed by atoms with Crippen molar-refractivity contribution in [3.63, 3.8) is 0 Å². The summed E-state index contributed by atoms with van der Waals surface area (Å²) in [5.74, 6) is -0.0180. The molecule has 0 spiro atoms. The van der Waals surface area contributed by atoms with Crippen molar-refractivity contribution in [1.29, 1.82) is 0 Å². The third-order valence-electron chi connectivity index (χ3n) is 1.26. The maximum absolute atomic E-state index is 10.6. The van der Waals surface area contributed by atoms with Gasteiger partial charge in [0.1, 0.15) is 6.17 Å². The molecule has 0 bridgehead atoms. The molecule has 0 saturated carbocycles. The Hall–Kier alpha value is -0.410. The highest BCUT2D eigenvalue weighted by Crippen LogP contribution is 1.91. The number of Topliss-reactive ketones (excluding diaryl/α,β-unsaturated/α-hetero) is 1. The predicted octanol–water partition coefficient (Wildman–Crippen LogP) is -0.0263. The van der Waals surface area contributed by atoms with Crippen LogP contribution in [-0.4, -0.2) is 23.9 Å². The number of nitrogens with zero attached hydrogens (tertiary/aromatic N) is 1. The average Bonchev–Trinajstić information content (AvgIpc) is 1.84. The molecule has 9 heavy (non-hydrogen) atoms. The molecule has 0 amide bonds. The van der Waals surface area contributed by atoms with E-state index < -0.39 is 6.17 Å². The zero-order valence-electron chi connectivity index (χ0n) is 6.09. The number of hydrogen-bond acceptors (Lipinski definition) is 3. The Morgan fingerprint density at radius 2 is 2.22 bits per heavy atom. The molecule has 0 heterocycles. The minimum absolute atomic E-state index is 0.0180. The molecule has 3 heteroatoms. The standard InChI is InChI=1S/C6H13N2O/c1-4-8(3)6(7)5(2)9/h4,6H,7H2,1-3H3. The third-order valence-corrected chi connectivity index (χ3v) is 1.26. The van der Waals surface area contributed by atoms with Crippen molar-refractivity contribution in [3.05, 3.63) is 6.54 Å². The number of rotatable bonds is 3. The fourth-order valence-electron chi connectivity index (χ4n) is 0.447. The molecule has 1 radical (unpaired) electrons. The molecule has 53 valence electrons. The van der Waals surface area contributed by atoms with Gasteiger partial charge in [-0.05, 0) is 20.9 Å². The first-order chi connectivity index (χ1) is 4.09. The molecule has 2 N–H and O–H groups in total. The van der Waals surface area contributed by atoms with Crippen LogP contribution in [0.4, 0.5) is 0 Å². The summed E-state index contributed by atoms with van der Waals surface area (Å²) in [6, 6.07) is 0. The molecule has 1 atom stereocenters. The topological polar surface area (TPSA) is 46.3 Å². The molecule has 0 aliphatic rings. The van der Waals surface area contributed by atoms with Crippen LogP contribution in [0.2, 0.25) is 0 Å². The van der Waals surface area contributed by atoms with Gasteiger partial charge >= 0.3 is 0 Å². The van der Waals surface area contributed by atoms with Gasteiger partial charge in [-0.15, -0.1) is 0 Å². The normalized spacial score (nSPS) is 13.9. The van der Waals surface area contributed by atoms with Crippen LogP contribution < -0.4 is 5.73 Å². The monoisotopic (exact) mass is 129 g/mol. The summed E-state index contributed by atoms with van der Waals surface area (Å²) in [6.45, 7) is 5.08. The summed E-state index contributed by atoms with van der Waals surface area (Å²) in [5.41, 5.74) is 5.42. The van der Waals surface area contributed by atoms with E-state index in [0.29, 0.717) is 0 Å². The molecule has 0 aromatic rings. The maximum Gasteiger partial charge on any atom is 0.161 e. The molecule has 0 aliphatic carbocycles. The van der Waals surface area contributed by atoms with Gasteiger partial charge in [0.05, 0.1) is 0 Å². The molecule has 0 rings (SSSR count). The molecule has 0 aliphatic heterocycles. The van der Waals surface area contributed by atoms with Crippen LogP contribution >= 0.6 is 0 Å². The fourth-order valence-corrected chi connectivity index (χ4v) is 0.447. The Morgan fingerprint density at radius 1 is 1.78 bits per heavy atom. The summed E-state index contributed by atoms with van der Waals surface area (Å²) in [5, 5.41) is 0. The van der Waals surface area contributed by atoms with E-state index in [1.807, 2.05) is 6.92 Å². The van der Waals surface area contributed by atoms with E-state index in [2.05, 4.69) is 0 Å². The van der Waals surface area contributed by atoms with Gasteiger partial charge in [-0.2, -0.15) is 0 Å². The summed E-state index contributed by atoms with van der Waals surface area (Å²) < 4.78 is 0. The number of ketones is 1. The summed E-state index contributed by atoms with van der Waals surface area (Å²) in [4.78, 5) is 12.2. The summed E-state index contributed by atoms with van der Waals surface area (Å²) >= 11 is 0. The third kappa shape index (κ3) is 2.58. The van der Waals surface area contributed by atoms with Gasteiger partial charge in [0.25, 0.3) is 0 Å². The Morgan fingerprint density at radius 3 is 2.33 bits per heavy atom. The van der Waals surface area contributed by atoms with E-state index in [1.54, 1.807) is 18.5 Å². The Bertz CT molecular complexity index is 103.